The van der Waals surface area contributed by atoms with Gasteiger partial charge in [-0.25, -0.2) is 15.0 Å². The van der Waals surface area contributed by atoms with E-state index in [2.05, 4.69) is 26.3 Å². The molecule has 5 aromatic rings. The number of aryl methyl sites for hydroxylation is 2. The van der Waals surface area contributed by atoms with Crippen molar-refractivity contribution in [1.29, 1.82) is 0 Å². The molecular formula is C26H23N5O2S. The standard InChI is InChI=1S/C26H23N5O2S/c1-16-11-19(8-10-22(16)33-21-9-7-17(2)27-14-21)30-25-24-26(29-15-28-25)34-23(31-24)13-18-5-4-6-20(12-18)32-3/h4-12,14-15H,13H2,1-3H3,(H,28,29,30). The summed E-state index contributed by atoms with van der Waals surface area (Å²) in [4.78, 5) is 18.8. The smallest absolute Gasteiger partial charge is 0.161 e. The predicted octanol–water partition coefficient (Wildman–Crippen LogP) is 6.23. The third-order valence-electron chi connectivity index (χ3n) is 5.28. The van der Waals surface area contributed by atoms with Crippen LogP contribution in [0.5, 0.6) is 17.2 Å². The molecule has 0 amide bonds. The van der Waals surface area contributed by atoms with E-state index in [9.17, 15) is 0 Å². The molecule has 7 nitrogen and oxygen atoms in total. The van der Waals surface area contributed by atoms with Gasteiger partial charge in [0.1, 0.15) is 33.9 Å². The lowest BCUT2D eigenvalue weighted by Gasteiger charge is -2.11. The van der Waals surface area contributed by atoms with Crippen molar-refractivity contribution in [3.63, 3.8) is 0 Å². The molecule has 0 unspecified atom stereocenters. The Morgan fingerprint density at radius 2 is 1.85 bits per heavy atom. The van der Waals surface area contributed by atoms with E-state index in [0.717, 1.165) is 49.4 Å². The van der Waals surface area contributed by atoms with E-state index < -0.39 is 0 Å². The summed E-state index contributed by atoms with van der Waals surface area (Å²) in [6, 6.07) is 17.8. The molecule has 34 heavy (non-hydrogen) atoms. The summed E-state index contributed by atoms with van der Waals surface area (Å²) < 4.78 is 11.3. The number of rotatable bonds is 7. The average molecular weight is 470 g/mol. The molecule has 0 saturated carbocycles. The number of methoxy groups -OCH3 is 1. The van der Waals surface area contributed by atoms with Gasteiger partial charge < -0.3 is 14.8 Å². The van der Waals surface area contributed by atoms with Crippen LogP contribution < -0.4 is 14.8 Å². The third-order valence-corrected chi connectivity index (χ3v) is 6.24. The van der Waals surface area contributed by atoms with E-state index in [1.54, 1.807) is 31.0 Å². The van der Waals surface area contributed by atoms with Crippen molar-refractivity contribution >= 4 is 33.2 Å². The highest BCUT2D eigenvalue weighted by Gasteiger charge is 2.13. The lowest BCUT2D eigenvalue weighted by molar-refractivity contribution is 0.414. The highest BCUT2D eigenvalue weighted by atomic mass is 32.1. The summed E-state index contributed by atoms with van der Waals surface area (Å²) in [6.45, 7) is 3.95. The Morgan fingerprint density at radius 1 is 0.941 bits per heavy atom. The maximum atomic E-state index is 5.98. The molecule has 1 N–H and O–H groups in total. The molecule has 0 atom stereocenters. The number of pyridine rings is 1. The van der Waals surface area contributed by atoms with Gasteiger partial charge in [0.25, 0.3) is 0 Å². The number of thiazole rings is 1. The summed E-state index contributed by atoms with van der Waals surface area (Å²) in [5.41, 5.74) is 4.74. The first-order valence-corrected chi connectivity index (χ1v) is 11.6. The Bertz CT molecular complexity index is 1450. The molecule has 0 radical (unpaired) electrons. The van der Waals surface area contributed by atoms with E-state index >= 15 is 0 Å². The van der Waals surface area contributed by atoms with Crippen LogP contribution >= 0.6 is 11.3 Å². The maximum absolute atomic E-state index is 5.98. The second-order valence-electron chi connectivity index (χ2n) is 7.85. The largest absolute Gasteiger partial charge is 0.497 e. The van der Waals surface area contributed by atoms with Crippen LogP contribution in [0.2, 0.25) is 0 Å². The molecule has 3 heterocycles. The highest BCUT2D eigenvalue weighted by Crippen LogP contribution is 2.31. The zero-order chi connectivity index (χ0) is 23.5. The van der Waals surface area contributed by atoms with Gasteiger partial charge in [0.05, 0.1) is 18.3 Å². The van der Waals surface area contributed by atoms with Gasteiger partial charge in [0.15, 0.2) is 5.82 Å². The van der Waals surface area contributed by atoms with E-state index in [0.29, 0.717) is 18.0 Å². The zero-order valence-corrected chi connectivity index (χ0v) is 19.9. The average Bonchev–Trinajstić information content (AvgIpc) is 3.26. The number of hydrogen-bond acceptors (Lipinski definition) is 8. The van der Waals surface area contributed by atoms with Crippen LogP contribution in [0.4, 0.5) is 11.5 Å². The molecule has 0 aliphatic heterocycles. The van der Waals surface area contributed by atoms with Gasteiger partial charge in [-0.1, -0.05) is 23.5 Å². The molecule has 5 rings (SSSR count). The van der Waals surface area contributed by atoms with Crippen LogP contribution in [0.3, 0.4) is 0 Å². The Morgan fingerprint density at radius 3 is 2.65 bits per heavy atom. The van der Waals surface area contributed by atoms with E-state index in [1.165, 1.54) is 0 Å². The van der Waals surface area contributed by atoms with Crippen LogP contribution in [-0.2, 0) is 6.42 Å². The molecule has 170 valence electrons. The monoisotopic (exact) mass is 469 g/mol. The molecule has 0 spiro atoms. The van der Waals surface area contributed by atoms with Crippen LogP contribution in [0.1, 0.15) is 21.8 Å². The summed E-state index contributed by atoms with van der Waals surface area (Å²) in [5.74, 6) is 2.99. The van der Waals surface area contributed by atoms with Crippen molar-refractivity contribution < 1.29 is 9.47 Å². The lowest BCUT2D eigenvalue weighted by Crippen LogP contribution is -1.97. The minimum absolute atomic E-state index is 0.675. The Hall–Kier alpha value is -4.04. The first-order chi connectivity index (χ1) is 16.6. The fourth-order valence-corrected chi connectivity index (χ4v) is 4.48. The zero-order valence-electron chi connectivity index (χ0n) is 19.1. The van der Waals surface area contributed by atoms with Crippen molar-refractivity contribution in [3.8, 4) is 17.2 Å². The van der Waals surface area contributed by atoms with Crippen LogP contribution in [-0.4, -0.2) is 27.0 Å². The Balaban J connectivity index is 1.36. The third kappa shape index (κ3) is 4.82. The lowest BCUT2D eigenvalue weighted by atomic mass is 10.1. The molecule has 3 aromatic heterocycles. The van der Waals surface area contributed by atoms with Crippen LogP contribution in [0.25, 0.3) is 10.3 Å². The number of nitrogens with one attached hydrogen (secondary N) is 1. The molecule has 0 bridgehead atoms. The first-order valence-electron chi connectivity index (χ1n) is 10.8. The number of aromatic nitrogens is 4. The number of hydrogen-bond donors (Lipinski definition) is 1. The molecule has 8 heteroatoms. The van der Waals surface area contributed by atoms with Crippen molar-refractivity contribution in [2.75, 3.05) is 12.4 Å². The molecule has 0 aliphatic carbocycles. The van der Waals surface area contributed by atoms with Gasteiger partial charge >= 0.3 is 0 Å². The molecule has 0 aliphatic rings. The van der Waals surface area contributed by atoms with Crippen molar-refractivity contribution in [2.24, 2.45) is 0 Å². The normalized spacial score (nSPS) is 10.9. The minimum atomic E-state index is 0.675. The fourth-order valence-electron chi connectivity index (χ4n) is 3.54. The van der Waals surface area contributed by atoms with Crippen molar-refractivity contribution in [2.45, 2.75) is 20.3 Å². The number of fused-ring (bicyclic) bond motifs is 1. The van der Waals surface area contributed by atoms with Crippen molar-refractivity contribution in [3.05, 3.63) is 88.9 Å². The van der Waals surface area contributed by atoms with Crippen LogP contribution in [0.15, 0.2) is 67.1 Å². The van der Waals surface area contributed by atoms with Gasteiger partial charge in [-0.05, 0) is 67.4 Å². The minimum Gasteiger partial charge on any atom is -0.497 e. The number of ether oxygens (including phenoxy) is 2. The fraction of sp³-hybridized carbons (Fsp3) is 0.154. The summed E-state index contributed by atoms with van der Waals surface area (Å²) in [6.07, 6.45) is 3.99. The van der Waals surface area contributed by atoms with Crippen molar-refractivity contribution in [1.82, 2.24) is 19.9 Å². The summed E-state index contributed by atoms with van der Waals surface area (Å²) in [5, 5.41) is 4.36. The van der Waals surface area contributed by atoms with E-state index in [-0.39, 0.29) is 0 Å². The van der Waals surface area contributed by atoms with Crippen LogP contribution in [0, 0.1) is 13.8 Å². The van der Waals surface area contributed by atoms with Gasteiger partial charge in [0, 0.05) is 17.8 Å². The van der Waals surface area contributed by atoms with Gasteiger partial charge in [-0.3, -0.25) is 4.98 Å². The Kier molecular flexibility index (Phi) is 6.05. The Labute approximate surface area is 201 Å². The second kappa shape index (κ2) is 9.44. The number of benzene rings is 2. The van der Waals surface area contributed by atoms with Gasteiger partial charge in [0.2, 0.25) is 0 Å². The number of nitrogens with zero attached hydrogens (tertiary/aromatic N) is 4. The van der Waals surface area contributed by atoms with Gasteiger partial charge in [-0.15, -0.1) is 0 Å². The predicted molar refractivity (Wildman–Crippen MR) is 135 cm³/mol. The molecular weight excluding hydrogens is 446 g/mol. The summed E-state index contributed by atoms with van der Waals surface area (Å²) >= 11 is 1.57. The molecule has 0 saturated heterocycles. The second-order valence-corrected chi connectivity index (χ2v) is 8.92. The topological polar surface area (TPSA) is 82.0 Å². The van der Waals surface area contributed by atoms with E-state index in [4.69, 9.17) is 14.5 Å². The quantitative estimate of drug-likeness (QED) is 0.302. The highest BCUT2D eigenvalue weighted by molar-refractivity contribution is 7.18. The SMILES string of the molecule is COc1cccc(Cc2nc3c(Nc4ccc(Oc5ccc(C)nc5)c(C)c4)ncnc3s2)c1. The molecule has 2 aromatic carbocycles. The summed E-state index contributed by atoms with van der Waals surface area (Å²) in [7, 11) is 1.67. The van der Waals surface area contributed by atoms with Gasteiger partial charge in [-0.2, -0.15) is 0 Å². The maximum Gasteiger partial charge on any atom is 0.161 e. The number of anilines is 2. The van der Waals surface area contributed by atoms with E-state index in [1.807, 2.05) is 62.4 Å². The molecule has 0 fully saturated rings. The first kappa shape index (κ1) is 21.8.